The largest absolute Gasteiger partial charge is 0.487 e. The highest BCUT2D eigenvalue weighted by molar-refractivity contribution is 9.10. The molecule has 0 spiro atoms. The van der Waals surface area contributed by atoms with E-state index < -0.39 is 0 Å². The molecule has 0 radical (unpaired) electrons. The van der Waals surface area contributed by atoms with E-state index in [1.165, 1.54) is 0 Å². The van der Waals surface area contributed by atoms with E-state index in [1.807, 2.05) is 25.1 Å². The number of carbonyl (C=O) groups excluding carboxylic acids is 1. The lowest BCUT2D eigenvalue weighted by molar-refractivity contribution is 0.0953. The first-order chi connectivity index (χ1) is 9.61. The SMILES string of the molecule is Cc1ncccc1OCc1ccc(C(=O)NN)cc1Br. The van der Waals surface area contributed by atoms with Gasteiger partial charge in [-0.05, 0) is 31.2 Å². The Morgan fingerprint density at radius 2 is 2.25 bits per heavy atom. The average Bonchev–Trinajstić information content (AvgIpc) is 2.46. The van der Waals surface area contributed by atoms with Gasteiger partial charge in [0.05, 0.1) is 5.69 Å². The molecule has 1 amide bonds. The number of hydrazine groups is 1. The second-order valence-corrected chi connectivity index (χ2v) is 5.01. The summed E-state index contributed by atoms with van der Waals surface area (Å²) in [5.41, 5.74) is 4.35. The second kappa shape index (κ2) is 6.49. The van der Waals surface area contributed by atoms with Crippen molar-refractivity contribution in [3.05, 3.63) is 57.8 Å². The molecule has 104 valence electrons. The molecule has 5 nitrogen and oxygen atoms in total. The number of hydrogen-bond acceptors (Lipinski definition) is 4. The van der Waals surface area contributed by atoms with Gasteiger partial charge in [-0.15, -0.1) is 0 Å². The summed E-state index contributed by atoms with van der Waals surface area (Å²) < 4.78 is 6.50. The number of ether oxygens (including phenoxy) is 1. The van der Waals surface area contributed by atoms with Crippen LogP contribution in [0.25, 0.3) is 0 Å². The number of carbonyl (C=O) groups is 1. The van der Waals surface area contributed by atoms with E-state index in [9.17, 15) is 4.79 Å². The molecular formula is C14H14BrN3O2. The van der Waals surface area contributed by atoms with E-state index in [-0.39, 0.29) is 5.91 Å². The zero-order valence-electron chi connectivity index (χ0n) is 10.9. The highest BCUT2D eigenvalue weighted by Gasteiger charge is 2.08. The van der Waals surface area contributed by atoms with E-state index in [0.717, 1.165) is 21.5 Å². The Kier molecular flexibility index (Phi) is 4.70. The highest BCUT2D eigenvalue weighted by Crippen LogP contribution is 2.22. The summed E-state index contributed by atoms with van der Waals surface area (Å²) in [4.78, 5) is 15.6. The van der Waals surface area contributed by atoms with Gasteiger partial charge in [-0.1, -0.05) is 22.0 Å². The number of aromatic nitrogens is 1. The maximum atomic E-state index is 11.4. The van der Waals surface area contributed by atoms with Crippen LogP contribution in [0.15, 0.2) is 41.0 Å². The van der Waals surface area contributed by atoms with E-state index in [2.05, 4.69) is 26.3 Å². The number of nitrogens with two attached hydrogens (primary N) is 1. The van der Waals surface area contributed by atoms with Crippen molar-refractivity contribution in [3.8, 4) is 5.75 Å². The second-order valence-electron chi connectivity index (χ2n) is 4.16. The van der Waals surface area contributed by atoms with Crippen LogP contribution in [0.4, 0.5) is 0 Å². The number of halogens is 1. The predicted molar refractivity (Wildman–Crippen MR) is 79.1 cm³/mol. The molecule has 0 unspecified atom stereocenters. The molecule has 0 aliphatic heterocycles. The first-order valence-electron chi connectivity index (χ1n) is 5.95. The van der Waals surface area contributed by atoms with E-state index in [1.54, 1.807) is 18.3 Å². The molecule has 1 aromatic carbocycles. The number of aryl methyl sites for hydroxylation is 1. The topological polar surface area (TPSA) is 77.2 Å². The first-order valence-corrected chi connectivity index (χ1v) is 6.75. The molecule has 1 aromatic heterocycles. The van der Waals surface area contributed by atoms with Crippen LogP contribution in [0.5, 0.6) is 5.75 Å². The van der Waals surface area contributed by atoms with Crippen LogP contribution in [-0.2, 0) is 6.61 Å². The van der Waals surface area contributed by atoms with Crippen LogP contribution in [0.3, 0.4) is 0 Å². The molecule has 6 heteroatoms. The number of pyridine rings is 1. The maximum Gasteiger partial charge on any atom is 0.265 e. The number of benzene rings is 1. The lowest BCUT2D eigenvalue weighted by Gasteiger charge is -2.10. The van der Waals surface area contributed by atoms with Crippen LogP contribution in [-0.4, -0.2) is 10.9 Å². The third-order valence-electron chi connectivity index (χ3n) is 2.79. The van der Waals surface area contributed by atoms with Gasteiger partial charge in [-0.2, -0.15) is 0 Å². The lowest BCUT2D eigenvalue weighted by Crippen LogP contribution is -2.29. The van der Waals surface area contributed by atoms with Gasteiger partial charge in [0.15, 0.2) is 0 Å². The molecule has 0 saturated carbocycles. The fourth-order valence-corrected chi connectivity index (χ4v) is 2.16. The van der Waals surface area contributed by atoms with Gasteiger partial charge in [0.2, 0.25) is 0 Å². The van der Waals surface area contributed by atoms with Crippen molar-refractivity contribution in [2.45, 2.75) is 13.5 Å². The summed E-state index contributed by atoms with van der Waals surface area (Å²) in [7, 11) is 0. The summed E-state index contributed by atoms with van der Waals surface area (Å²) in [6.45, 7) is 2.27. The van der Waals surface area contributed by atoms with Crippen molar-refractivity contribution in [2.75, 3.05) is 0 Å². The molecule has 2 rings (SSSR count). The summed E-state index contributed by atoms with van der Waals surface area (Å²) in [6, 6.07) is 8.91. The average molecular weight is 336 g/mol. The molecular weight excluding hydrogens is 322 g/mol. The minimum atomic E-state index is -0.332. The van der Waals surface area contributed by atoms with Gasteiger partial charge < -0.3 is 4.74 Å². The standard InChI is InChI=1S/C14H14BrN3O2/c1-9-13(3-2-6-17-9)20-8-11-5-4-10(7-12(11)15)14(19)18-16/h2-7H,8,16H2,1H3,(H,18,19). The van der Waals surface area contributed by atoms with Gasteiger partial charge in [0, 0.05) is 21.8 Å². The van der Waals surface area contributed by atoms with E-state index >= 15 is 0 Å². The van der Waals surface area contributed by atoms with Crippen molar-refractivity contribution >= 4 is 21.8 Å². The van der Waals surface area contributed by atoms with Crippen molar-refractivity contribution in [1.82, 2.24) is 10.4 Å². The number of nitrogens with one attached hydrogen (secondary N) is 1. The number of hydrogen-bond donors (Lipinski definition) is 2. The van der Waals surface area contributed by atoms with Crippen molar-refractivity contribution in [2.24, 2.45) is 5.84 Å². The predicted octanol–water partition coefficient (Wildman–Crippen LogP) is 2.34. The maximum absolute atomic E-state index is 11.4. The molecule has 0 bridgehead atoms. The zero-order chi connectivity index (χ0) is 14.5. The minimum absolute atomic E-state index is 0.332. The van der Waals surface area contributed by atoms with Gasteiger partial charge >= 0.3 is 0 Å². The highest BCUT2D eigenvalue weighted by atomic mass is 79.9. The Morgan fingerprint density at radius 3 is 2.90 bits per heavy atom. The number of nitrogens with zero attached hydrogens (tertiary/aromatic N) is 1. The minimum Gasteiger partial charge on any atom is -0.487 e. The smallest absolute Gasteiger partial charge is 0.265 e. The van der Waals surface area contributed by atoms with Crippen molar-refractivity contribution < 1.29 is 9.53 Å². The molecule has 2 aromatic rings. The molecule has 20 heavy (non-hydrogen) atoms. The summed E-state index contributed by atoms with van der Waals surface area (Å²) in [6.07, 6.45) is 1.72. The van der Waals surface area contributed by atoms with Crippen LogP contribution in [0.2, 0.25) is 0 Å². The van der Waals surface area contributed by atoms with E-state index in [0.29, 0.717) is 12.2 Å². The van der Waals surface area contributed by atoms with Gasteiger partial charge in [-0.25, -0.2) is 5.84 Å². The lowest BCUT2D eigenvalue weighted by atomic mass is 10.1. The molecule has 0 fully saturated rings. The number of rotatable bonds is 4. The third-order valence-corrected chi connectivity index (χ3v) is 3.53. The zero-order valence-corrected chi connectivity index (χ0v) is 12.5. The van der Waals surface area contributed by atoms with Gasteiger partial charge in [0.25, 0.3) is 5.91 Å². The molecule has 3 N–H and O–H groups in total. The molecule has 0 atom stereocenters. The normalized spacial score (nSPS) is 10.2. The Balaban J connectivity index is 2.11. The fourth-order valence-electron chi connectivity index (χ4n) is 1.67. The monoisotopic (exact) mass is 335 g/mol. The van der Waals surface area contributed by atoms with Crippen molar-refractivity contribution in [1.29, 1.82) is 0 Å². The first kappa shape index (κ1) is 14.5. The van der Waals surface area contributed by atoms with Crippen LogP contribution >= 0.6 is 15.9 Å². The van der Waals surface area contributed by atoms with Crippen molar-refractivity contribution in [3.63, 3.8) is 0 Å². The van der Waals surface area contributed by atoms with Crippen LogP contribution < -0.4 is 16.0 Å². The van der Waals surface area contributed by atoms with Crippen LogP contribution in [0.1, 0.15) is 21.6 Å². The van der Waals surface area contributed by atoms with Crippen LogP contribution in [0, 0.1) is 6.92 Å². The Bertz CT molecular complexity index is 632. The van der Waals surface area contributed by atoms with Gasteiger partial charge in [-0.3, -0.25) is 15.2 Å². The number of amides is 1. The summed E-state index contributed by atoms with van der Waals surface area (Å²) >= 11 is 3.42. The fraction of sp³-hybridized carbons (Fsp3) is 0.143. The Hall–Kier alpha value is -1.92. The van der Waals surface area contributed by atoms with Gasteiger partial charge in [0.1, 0.15) is 12.4 Å². The molecule has 0 aliphatic carbocycles. The molecule has 1 heterocycles. The summed E-state index contributed by atoms with van der Waals surface area (Å²) in [5.74, 6) is 5.50. The summed E-state index contributed by atoms with van der Waals surface area (Å²) in [5, 5.41) is 0. The third kappa shape index (κ3) is 3.34. The molecule has 0 saturated heterocycles. The number of nitrogen functional groups attached to an aromatic ring is 1. The Labute approximate surface area is 125 Å². The Morgan fingerprint density at radius 1 is 1.45 bits per heavy atom. The quantitative estimate of drug-likeness (QED) is 0.510. The van der Waals surface area contributed by atoms with E-state index in [4.69, 9.17) is 10.6 Å². The molecule has 0 aliphatic rings.